The van der Waals surface area contributed by atoms with E-state index in [1.807, 2.05) is 70.2 Å². The highest BCUT2D eigenvalue weighted by molar-refractivity contribution is 8.18. The Morgan fingerprint density at radius 3 is 2.47 bits per heavy atom. The van der Waals surface area contributed by atoms with Crippen molar-refractivity contribution < 1.29 is 19.1 Å². The summed E-state index contributed by atoms with van der Waals surface area (Å²) in [6.07, 6.45) is 1.72. The van der Waals surface area contributed by atoms with Gasteiger partial charge in [-0.15, -0.1) is 0 Å². The Morgan fingerprint density at radius 2 is 1.83 bits per heavy atom. The van der Waals surface area contributed by atoms with Crippen LogP contribution in [0, 0.1) is 13.8 Å². The lowest BCUT2D eigenvalue weighted by Crippen LogP contribution is -2.36. The van der Waals surface area contributed by atoms with Crippen LogP contribution in [-0.4, -0.2) is 34.6 Å². The molecule has 1 saturated heterocycles. The first kappa shape index (κ1) is 21.6. The predicted octanol–water partition coefficient (Wildman–Crippen LogP) is 4.77. The SMILES string of the molecule is Cc1ccc(NC(=O)CN2C(=O)S/C(=C\c3ccc(OC(C)C)cc3)C2=O)c(C)c1. The number of imide groups is 1. The molecule has 0 aliphatic carbocycles. The summed E-state index contributed by atoms with van der Waals surface area (Å²) >= 11 is 0.832. The van der Waals surface area contributed by atoms with Gasteiger partial charge in [0.2, 0.25) is 5.91 Å². The molecule has 0 aromatic heterocycles. The Morgan fingerprint density at radius 1 is 1.13 bits per heavy atom. The normalized spacial score (nSPS) is 15.2. The lowest BCUT2D eigenvalue weighted by molar-refractivity contribution is -0.127. The molecule has 0 atom stereocenters. The van der Waals surface area contributed by atoms with E-state index < -0.39 is 17.1 Å². The fourth-order valence-corrected chi connectivity index (χ4v) is 3.83. The Hall–Kier alpha value is -3.06. The molecule has 1 aliphatic heterocycles. The molecule has 0 bridgehead atoms. The van der Waals surface area contributed by atoms with E-state index in [4.69, 9.17) is 4.74 Å². The predicted molar refractivity (Wildman–Crippen MR) is 119 cm³/mol. The smallest absolute Gasteiger partial charge is 0.294 e. The number of thioether (sulfide) groups is 1. The average Bonchev–Trinajstić information content (AvgIpc) is 2.92. The second-order valence-electron chi connectivity index (χ2n) is 7.37. The van der Waals surface area contributed by atoms with Crippen LogP contribution in [0.5, 0.6) is 5.75 Å². The first-order chi connectivity index (χ1) is 14.2. The van der Waals surface area contributed by atoms with E-state index in [1.54, 1.807) is 6.08 Å². The number of carbonyl (C=O) groups excluding carboxylic acids is 3. The van der Waals surface area contributed by atoms with Crippen LogP contribution >= 0.6 is 11.8 Å². The molecule has 30 heavy (non-hydrogen) atoms. The van der Waals surface area contributed by atoms with Gasteiger partial charge in [0.25, 0.3) is 11.1 Å². The number of benzene rings is 2. The molecule has 6 nitrogen and oxygen atoms in total. The van der Waals surface area contributed by atoms with E-state index in [0.29, 0.717) is 5.69 Å². The summed E-state index contributed by atoms with van der Waals surface area (Å²) in [4.78, 5) is 38.6. The number of anilines is 1. The fourth-order valence-electron chi connectivity index (χ4n) is 2.99. The molecule has 2 aromatic carbocycles. The summed E-state index contributed by atoms with van der Waals surface area (Å²) < 4.78 is 5.60. The maximum atomic E-state index is 12.6. The second-order valence-corrected chi connectivity index (χ2v) is 8.36. The highest BCUT2D eigenvalue weighted by atomic mass is 32.2. The van der Waals surface area contributed by atoms with Gasteiger partial charge in [-0.05, 0) is 74.9 Å². The maximum Gasteiger partial charge on any atom is 0.294 e. The van der Waals surface area contributed by atoms with Crippen LogP contribution in [0.3, 0.4) is 0 Å². The Balaban J connectivity index is 1.66. The van der Waals surface area contributed by atoms with Gasteiger partial charge in [0.05, 0.1) is 11.0 Å². The Kier molecular flexibility index (Phi) is 6.62. The van der Waals surface area contributed by atoms with Crippen LogP contribution in [0.15, 0.2) is 47.4 Å². The van der Waals surface area contributed by atoms with Crippen molar-refractivity contribution in [3.8, 4) is 5.75 Å². The summed E-state index contributed by atoms with van der Waals surface area (Å²) in [6, 6.07) is 12.9. The first-order valence-electron chi connectivity index (χ1n) is 9.62. The van der Waals surface area contributed by atoms with Crippen LogP contribution in [0.25, 0.3) is 6.08 Å². The maximum absolute atomic E-state index is 12.6. The highest BCUT2D eigenvalue weighted by Crippen LogP contribution is 2.32. The van der Waals surface area contributed by atoms with Crippen molar-refractivity contribution in [2.75, 3.05) is 11.9 Å². The molecule has 0 spiro atoms. The van der Waals surface area contributed by atoms with Crippen molar-refractivity contribution >= 4 is 40.6 Å². The van der Waals surface area contributed by atoms with Crippen LogP contribution in [-0.2, 0) is 9.59 Å². The van der Waals surface area contributed by atoms with Crippen molar-refractivity contribution in [3.63, 3.8) is 0 Å². The highest BCUT2D eigenvalue weighted by Gasteiger charge is 2.36. The number of nitrogens with zero attached hydrogens (tertiary/aromatic N) is 1. The Labute approximate surface area is 180 Å². The number of amides is 3. The van der Waals surface area contributed by atoms with Crippen molar-refractivity contribution in [2.45, 2.75) is 33.8 Å². The molecule has 1 N–H and O–H groups in total. The molecule has 7 heteroatoms. The largest absolute Gasteiger partial charge is 0.491 e. The number of aryl methyl sites for hydroxylation is 2. The van der Waals surface area contributed by atoms with Gasteiger partial charge < -0.3 is 10.1 Å². The van der Waals surface area contributed by atoms with Crippen LogP contribution < -0.4 is 10.1 Å². The fraction of sp³-hybridized carbons (Fsp3) is 0.261. The van der Waals surface area contributed by atoms with Crippen LogP contribution in [0.2, 0.25) is 0 Å². The molecule has 156 valence electrons. The van der Waals surface area contributed by atoms with Gasteiger partial charge in [-0.25, -0.2) is 0 Å². The molecule has 0 saturated carbocycles. The standard InChI is InChI=1S/C23H24N2O4S/c1-14(2)29-18-8-6-17(7-9-18)12-20-22(27)25(23(28)30-20)13-21(26)24-19-10-5-15(3)11-16(19)4/h5-12,14H,13H2,1-4H3,(H,24,26)/b20-12-. The first-order valence-corrected chi connectivity index (χ1v) is 10.4. The summed E-state index contributed by atoms with van der Waals surface area (Å²) in [6.45, 7) is 7.43. The van der Waals surface area contributed by atoms with E-state index >= 15 is 0 Å². The van der Waals surface area contributed by atoms with Gasteiger partial charge in [0, 0.05) is 5.69 Å². The molecule has 1 aliphatic rings. The third kappa shape index (κ3) is 5.30. The number of hydrogen-bond acceptors (Lipinski definition) is 5. The minimum atomic E-state index is -0.469. The lowest BCUT2D eigenvalue weighted by Gasteiger charge is -2.14. The monoisotopic (exact) mass is 424 g/mol. The molecular formula is C23H24N2O4S. The van der Waals surface area contributed by atoms with Crippen molar-refractivity contribution in [1.82, 2.24) is 4.90 Å². The summed E-state index contributed by atoms with van der Waals surface area (Å²) in [7, 11) is 0. The molecule has 3 amide bonds. The van der Waals surface area contributed by atoms with Crippen molar-refractivity contribution in [2.24, 2.45) is 0 Å². The van der Waals surface area contributed by atoms with Gasteiger partial charge in [0.15, 0.2) is 0 Å². The number of rotatable bonds is 6. The second kappa shape index (κ2) is 9.17. The summed E-state index contributed by atoms with van der Waals surface area (Å²) in [5.74, 6) is -0.151. The zero-order valence-corrected chi connectivity index (χ0v) is 18.2. The van der Waals surface area contributed by atoms with E-state index in [2.05, 4.69) is 5.32 Å². The summed E-state index contributed by atoms with van der Waals surface area (Å²) in [5, 5.41) is 2.31. The van der Waals surface area contributed by atoms with Crippen LogP contribution in [0.1, 0.15) is 30.5 Å². The summed E-state index contributed by atoms with van der Waals surface area (Å²) in [5.41, 5.74) is 3.45. The third-order valence-electron chi connectivity index (χ3n) is 4.38. The van der Waals surface area contributed by atoms with Gasteiger partial charge in [0.1, 0.15) is 12.3 Å². The molecule has 2 aromatic rings. The quantitative estimate of drug-likeness (QED) is 0.677. The average molecular weight is 425 g/mol. The topological polar surface area (TPSA) is 75.7 Å². The Bertz CT molecular complexity index is 1010. The molecule has 1 fully saturated rings. The van der Waals surface area contributed by atoms with Crippen LogP contribution in [0.4, 0.5) is 10.5 Å². The van der Waals surface area contributed by atoms with E-state index in [9.17, 15) is 14.4 Å². The third-order valence-corrected chi connectivity index (χ3v) is 5.29. The van der Waals surface area contributed by atoms with Crippen molar-refractivity contribution in [3.05, 3.63) is 64.1 Å². The number of carbonyl (C=O) groups is 3. The zero-order chi connectivity index (χ0) is 21.8. The minimum Gasteiger partial charge on any atom is -0.491 e. The number of nitrogens with one attached hydrogen (secondary N) is 1. The number of hydrogen-bond donors (Lipinski definition) is 1. The molecule has 0 radical (unpaired) electrons. The molecular weight excluding hydrogens is 400 g/mol. The number of ether oxygens (including phenoxy) is 1. The van der Waals surface area contributed by atoms with E-state index in [-0.39, 0.29) is 17.6 Å². The minimum absolute atomic E-state index is 0.0715. The van der Waals surface area contributed by atoms with Crippen molar-refractivity contribution in [1.29, 1.82) is 0 Å². The molecule has 1 heterocycles. The van der Waals surface area contributed by atoms with Gasteiger partial charge in [-0.2, -0.15) is 0 Å². The van der Waals surface area contributed by atoms with Gasteiger partial charge in [-0.3, -0.25) is 19.3 Å². The molecule has 3 rings (SSSR count). The zero-order valence-electron chi connectivity index (χ0n) is 17.4. The van der Waals surface area contributed by atoms with E-state index in [1.165, 1.54) is 0 Å². The van der Waals surface area contributed by atoms with Gasteiger partial charge in [-0.1, -0.05) is 29.8 Å². The van der Waals surface area contributed by atoms with E-state index in [0.717, 1.165) is 39.1 Å². The lowest BCUT2D eigenvalue weighted by atomic mass is 10.1. The molecule has 0 unspecified atom stereocenters. The van der Waals surface area contributed by atoms with Gasteiger partial charge >= 0.3 is 0 Å².